The SMILES string of the molecule is CC(=O)O[C@H]1O[C@H]([C@H](C)OC(C)=O)[C@@H](OC(C)=O)[C@@H]1OC(C)=O. The molecule has 0 aromatic rings. The molecule has 0 spiro atoms. The maximum absolute atomic E-state index is 11.3. The highest BCUT2D eigenvalue weighted by Gasteiger charge is 2.53. The second kappa shape index (κ2) is 7.91. The van der Waals surface area contributed by atoms with Crippen molar-refractivity contribution in [2.24, 2.45) is 0 Å². The second-order valence-corrected chi connectivity index (χ2v) is 5.04. The van der Waals surface area contributed by atoms with Gasteiger partial charge < -0.3 is 23.7 Å². The van der Waals surface area contributed by atoms with Crippen LogP contribution in [0.25, 0.3) is 0 Å². The van der Waals surface area contributed by atoms with Gasteiger partial charge in [-0.25, -0.2) is 0 Å². The zero-order valence-corrected chi connectivity index (χ0v) is 13.6. The Labute approximate surface area is 133 Å². The Bertz CT molecular complexity index is 487. The van der Waals surface area contributed by atoms with Gasteiger partial charge in [-0.1, -0.05) is 0 Å². The zero-order valence-electron chi connectivity index (χ0n) is 13.6. The molecule has 0 unspecified atom stereocenters. The summed E-state index contributed by atoms with van der Waals surface area (Å²) in [6, 6.07) is 0. The van der Waals surface area contributed by atoms with E-state index < -0.39 is 54.6 Å². The molecule has 1 rings (SSSR count). The molecule has 0 bridgehead atoms. The Morgan fingerprint density at radius 1 is 0.783 bits per heavy atom. The van der Waals surface area contributed by atoms with Crippen LogP contribution in [0.5, 0.6) is 0 Å². The highest BCUT2D eigenvalue weighted by molar-refractivity contribution is 5.68. The summed E-state index contributed by atoms with van der Waals surface area (Å²) < 4.78 is 25.6. The van der Waals surface area contributed by atoms with Crippen LogP contribution in [0.1, 0.15) is 34.6 Å². The van der Waals surface area contributed by atoms with Crippen LogP contribution in [0.3, 0.4) is 0 Å². The molecule has 9 heteroatoms. The van der Waals surface area contributed by atoms with E-state index in [-0.39, 0.29) is 0 Å². The summed E-state index contributed by atoms with van der Waals surface area (Å²) in [6.45, 7) is 6.19. The Balaban J connectivity index is 3.06. The van der Waals surface area contributed by atoms with Crippen LogP contribution < -0.4 is 0 Å². The number of ether oxygens (including phenoxy) is 5. The first kappa shape index (κ1) is 18.9. The predicted molar refractivity (Wildman–Crippen MR) is 72.8 cm³/mol. The van der Waals surface area contributed by atoms with Gasteiger partial charge in [0.25, 0.3) is 0 Å². The first-order valence-corrected chi connectivity index (χ1v) is 6.96. The molecule has 0 N–H and O–H groups in total. The summed E-state index contributed by atoms with van der Waals surface area (Å²) in [5.74, 6) is -2.56. The number of rotatable bonds is 5. The van der Waals surface area contributed by atoms with Crippen LogP contribution in [0.15, 0.2) is 0 Å². The topological polar surface area (TPSA) is 114 Å². The van der Waals surface area contributed by atoms with Gasteiger partial charge in [-0.3, -0.25) is 19.2 Å². The van der Waals surface area contributed by atoms with E-state index in [9.17, 15) is 19.2 Å². The fourth-order valence-electron chi connectivity index (χ4n) is 2.26. The van der Waals surface area contributed by atoms with Gasteiger partial charge in [0.05, 0.1) is 0 Å². The number of carbonyl (C=O) groups is 4. The van der Waals surface area contributed by atoms with Gasteiger partial charge >= 0.3 is 23.9 Å². The lowest BCUT2D eigenvalue weighted by Crippen LogP contribution is -2.44. The minimum atomic E-state index is -1.27. The van der Waals surface area contributed by atoms with Crippen LogP contribution in [-0.2, 0) is 42.9 Å². The molecule has 23 heavy (non-hydrogen) atoms. The van der Waals surface area contributed by atoms with Gasteiger partial charge in [0, 0.05) is 27.7 Å². The van der Waals surface area contributed by atoms with Crippen LogP contribution in [0, 0.1) is 0 Å². The number of hydrogen-bond acceptors (Lipinski definition) is 9. The molecular formula is C14H20O9. The third-order valence-corrected chi connectivity index (χ3v) is 2.91. The van der Waals surface area contributed by atoms with E-state index >= 15 is 0 Å². The van der Waals surface area contributed by atoms with Gasteiger partial charge in [0.15, 0.2) is 6.10 Å². The number of esters is 4. The predicted octanol–water partition coefficient (Wildman–Crippen LogP) is 0.0894. The molecule has 1 aliphatic heterocycles. The van der Waals surface area contributed by atoms with Crippen molar-refractivity contribution in [3.63, 3.8) is 0 Å². The van der Waals surface area contributed by atoms with Gasteiger partial charge in [0.2, 0.25) is 12.4 Å². The van der Waals surface area contributed by atoms with E-state index in [1.807, 2.05) is 0 Å². The van der Waals surface area contributed by atoms with E-state index in [0.717, 1.165) is 20.8 Å². The van der Waals surface area contributed by atoms with E-state index in [2.05, 4.69) is 0 Å². The van der Waals surface area contributed by atoms with Crippen molar-refractivity contribution >= 4 is 23.9 Å². The fourth-order valence-corrected chi connectivity index (χ4v) is 2.26. The lowest BCUT2D eigenvalue weighted by atomic mass is 10.1. The highest BCUT2D eigenvalue weighted by atomic mass is 16.8. The second-order valence-electron chi connectivity index (χ2n) is 5.04. The molecule has 1 heterocycles. The summed E-state index contributed by atoms with van der Waals surface area (Å²) in [4.78, 5) is 44.9. The number of hydrogen-bond donors (Lipinski definition) is 0. The van der Waals surface area contributed by atoms with Crippen LogP contribution in [0.2, 0.25) is 0 Å². The van der Waals surface area contributed by atoms with Crippen molar-refractivity contribution < 1.29 is 42.9 Å². The van der Waals surface area contributed by atoms with Crippen molar-refractivity contribution in [3.05, 3.63) is 0 Å². The fraction of sp³-hybridized carbons (Fsp3) is 0.714. The normalized spacial score (nSPS) is 27.7. The molecule has 0 amide bonds. The quantitative estimate of drug-likeness (QED) is 0.510. The van der Waals surface area contributed by atoms with E-state index in [4.69, 9.17) is 23.7 Å². The maximum Gasteiger partial charge on any atom is 0.305 e. The Hall–Kier alpha value is -2.16. The van der Waals surface area contributed by atoms with Crippen LogP contribution >= 0.6 is 0 Å². The van der Waals surface area contributed by atoms with Gasteiger partial charge in [-0.2, -0.15) is 0 Å². The number of carbonyl (C=O) groups excluding carboxylic acids is 4. The lowest BCUT2D eigenvalue weighted by molar-refractivity contribution is -0.200. The summed E-state index contributed by atoms with van der Waals surface area (Å²) >= 11 is 0. The average Bonchev–Trinajstić information content (AvgIpc) is 2.65. The summed E-state index contributed by atoms with van der Waals surface area (Å²) in [5.41, 5.74) is 0. The highest BCUT2D eigenvalue weighted by Crippen LogP contribution is 2.31. The van der Waals surface area contributed by atoms with Crippen molar-refractivity contribution in [3.8, 4) is 0 Å². The first-order valence-electron chi connectivity index (χ1n) is 6.96. The Morgan fingerprint density at radius 2 is 1.26 bits per heavy atom. The third-order valence-electron chi connectivity index (χ3n) is 2.91. The molecule has 0 aromatic carbocycles. The Morgan fingerprint density at radius 3 is 1.70 bits per heavy atom. The maximum atomic E-state index is 11.3. The third kappa shape index (κ3) is 5.51. The van der Waals surface area contributed by atoms with Gasteiger partial charge in [-0.05, 0) is 6.92 Å². The largest absolute Gasteiger partial charge is 0.460 e. The van der Waals surface area contributed by atoms with E-state index in [1.54, 1.807) is 0 Å². The van der Waals surface area contributed by atoms with E-state index in [1.165, 1.54) is 13.8 Å². The van der Waals surface area contributed by atoms with Gasteiger partial charge in [-0.15, -0.1) is 0 Å². The summed E-state index contributed by atoms with van der Waals surface area (Å²) in [7, 11) is 0. The molecule has 1 saturated heterocycles. The van der Waals surface area contributed by atoms with Crippen LogP contribution in [0.4, 0.5) is 0 Å². The molecule has 130 valence electrons. The first-order chi connectivity index (χ1) is 10.6. The molecule has 0 aliphatic carbocycles. The van der Waals surface area contributed by atoms with Crippen molar-refractivity contribution in [1.82, 2.24) is 0 Å². The molecule has 1 fully saturated rings. The molecule has 5 atom stereocenters. The summed E-state index contributed by atoms with van der Waals surface area (Å²) in [5, 5.41) is 0. The van der Waals surface area contributed by atoms with Crippen LogP contribution in [-0.4, -0.2) is 54.6 Å². The minimum Gasteiger partial charge on any atom is -0.460 e. The minimum absolute atomic E-state index is 0.567. The zero-order chi connectivity index (χ0) is 17.7. The molecule has 0 aromatic heterocycles. The molecule has 9 nitrogen and oxygen atoms in total. The van der Waals surface area contributed by atoms with Crippen molar-refractivity contribution in [2.45, 2.75) is 65.3 Å². The smallest absolute Gasteiger partial charge is 0.305 e. The lowest BCUT2D eigenvalue weighted by Gasteiger charge is -2.25. The molecular weight excluding hydrogens is 312 g/mol. The summed E-state index contributed by atoms with van der Waals surface area (Å²) in [6.07, 6.45) is -5.31. The van der Waals surface area contributed by atoms with E-state index in [0.29, 0.717) is 0 Å². The van der Waals surface area contributed by atoms with Crippen molar-refractivity contribution in [1.29, 1.82) is 0 Å². The molecule has 0 saturated carbocycles. The molecule has 1 aliphatic rings. The van der Waals surface area contributed by atoms with Crippen molar-refractivity contribution in [2.75, 3.05) is 0 Å². The molecule has 0 radical (unpaired) electrons. The monoisotopic (exact) mass is 332 g/mol. The standard InChI is InChI=1S/C14H20O9/c1-6(19-7(2)15)11-12(20-8(3)16)13(21-9(4)17)14(23-11)22-10(5)18/h6,11-14H,1-5H3/t6-,11+,12+,13-,14-/m0/s1. The van der Waals surface area contributed by atoms with Gasteiger partial charge in [0.1, 0.15) is 12.2 Å². The average molecular weight is 332 g/mol. The Kier molecular flexibility index (Phi) is 6.49.